The van der Waals surface area contributed by atoms with Crippen LogP contribution in [0.15, 0.2) is 53.4 Å². The molecule has 0 atom stereocenters. The third kappa shape index (κ3) is 1.71. The molecule has 1 fully saturated rings. The molecule has 0 radical (unpaired) electrons. The van der Waals surface area contributed by atoms with Crippen LogP contribution in [0.5, 0.6) is 5.75 Å². The van der Waals surface area contributed by atoms with Gasteiger partial charge in [0.25, 0.3) is 0 Å². The molecular formula is C18H17OS+. The monoisotopic (exact) mass is 281 g/mol. The van der Waals surface area contributed by atoms with E-state index in [2.05, 4.69) is 24.3 Å². The van der Waals surface area contributed by atoms with Gasteiger partial charge in [-0.2, -0.15) is 0 Å². The molecule has 0 aromatic heterocycles. The summed E-state index contributed by atoms with van der Waals surface area (Å²) in [5.41, 5.74) is 0. The number of hydrogen-bond acceptors (Lipinski definition) is 1. The van der Waals surface area contributed by atoms with Crippen LogP contribution in [-0.4, -0.2) is 16.6 Å². The average molecular weight is 281 g/mol. The molecule has 1 nitrogen and oxygen atoms in total. The molecule has 1 N–H and O–H groups in total. The number of phenols is 1. The molecule has 0 unspecified atom stereocenters. The maximum Gasteiger partial charge on any atom is 0.170 e. The van der Waals surface area contributed by atoms with Gasteiger partial charge in [0.2, 0.25) is 0 Å². The third-order valence-corrected chi connectivity index (χ3v) is 6.75. The van der Waals surface area contributed by atoms with Crippen molar-refractivity contribution in [1.29, 1.82) is 0 Å². The van der Waals surface area contributed by atoms with Crippen molar-refractivity contribution in [1.82, 2.24) is 0 Å². The summed E-state index contributed by atoms with van der Waals surface area (Å²) in [7, 11) is 0.341. The van der Waals surface area contributed by atoms with Crippen molar-refractivity contribution < 1.29 is 5.11 Å². The highest BCUT2D eigenvalue weighted by atomic mass is 32.2. The molecule has 0 amide bonds. The SMILES string of the molecule is Oc1c2ccccc2c([S+]2CCCC2)c2ccccc12. The predicted octanol–water partition coefficient (Wildman–Crippen LogP) is 4.47. The fourth-order valence-corrected chi connectivity index (χ4v) is 5.93. The molecule has 100 valence electrons. The van der Waals surface area contributed by atoms with Gasteiger partial charge in [-0.15, -0.1) is 0 Å². The quantitative estimate of drug-likeness (QED) is 0.515. The zero-order valence-corrected chi connectivity index (χ0v) is 12.1. The fourth-order valence-electron chi connectivity index (χ4n) is 3.24. The summed E-state index contributed by atoms with van der Waals surface area (Å²) in [6, 6.07) is 16.6. The van der Waals surface area contributed by atoms with Gasteiger partial charge in [0, 0.05) is 32.4 Å². The topological polar surface area (TPSA) is 20.2 Å². The van der Waals surface area contributed by atoms with Crippen LogP contribution in [0.2, 0.25) is 0 Å². The summed E-state index contributed by atoms with van der Waals surface area (Å²) in [6.07, 6.45) is 2.68. The van der Waals surface area contributed by atoms with E-state index >= 15 is 0 Å². The molecule has 0 spiro atoms. The first kappa shape index (κ1) is 12.1. The summed E-state index contributed by atoms with van der Waals surface area (Å²) < 4.78 is 0. The Morgan fingerprint density at radius 2 is 1.15 bits per heavy atom. The van der Waals surface area contributed by atoms with Gasteiger partial charge in [-0.1, -0.05) is 36.4 Å². The van der Waals surface area contributed by atoms with Crippen molar-refractivity contribution in [2.45, 2.75) is 17.7 Å². The van der Waals surface area contributed by atoms with Gasteiger partial charge in [-0.05, 0) is 25.0 Å². The Hall–Kier alpha value is -1.67. The standard InChI is InChI=1S/C18H16OS/c19-17-13-7-1-3-9-15(13)18(20-11-5-6-12-20)16-10-4-2-8-14(16)17/h1-4,7-10H,5-6,11-12H2/p+1. The van der Waals surface area contributed by atoms with Gasteiger partial charge in [0.05, 0.1) is 0 Å². The summed E-state index contributed by atoms with van der Waals surface area (Å²) >= 11 is 0. The van der Waals surface area contributed by atoms with E-state index in [1.54, 1.807) is 0 Å². The number of hydrogen-bond donors (Lipinski definition) is 1. The molecule has 1 aliphatic heterocycles. The number of fused-ring (bicyclic) bond motifs is 2. The minimum absolute atomic E-state index is 0.341. The van der Waals surface area contributed by atoms with E-state index in [1.807, 2.05) is 24.3 Å². The highest BCUT2D eigenvalue weighted by Gasteiger charge is 2.31. The lowest BCUT2D eigenvalue weighted by molar-refractivity contribution is 0.487. The Morgan fingerprint density at radius 3 is 1.65 bits per heavy atom. The fraction of sp³-hybridized carbons (Fsp3) is 0.222. The largest absolute Gasteiger partial charge is 0.507 e. The van der Waals surface area contributed by atoms with Gasteiger partial charge in [-0.25, -0.2) is 0 Å². The normalized spacial score (nSPS) is 16.2. The van der Waals surface area contributed by atoms with Crippen molar-refractivity contribution in [2.75, 3.05) is 11.5 Å². The van der Waals surface area contributed by atoms with Crippen LogP contribution < -0.4 is 0 Å². The molecule has 3 aromatic rings. The molecule has 4 rings (SSSR count). The Labute approximate surface area is 121 Å². The zero-order valence-electron chi connectivity index (χ0n) is 11.3. The third-order valence-electron chi connectivity index (χ3n) is 4.17. The van der Waals surface area contributed by atoms with Crippen molar-refractivity contribution in [3.8, 4) is 5.75 Å². The lowest BCUT2D eigenvalue weighted by Crippen LogP contribution is -2.05. The first-order valence-corrected chi connectivity index (χ1v) is 8.72. The van der Waals surface area contributed by atoms with Crippen LogP contribution in [-0.2, 0) is 10.9 Å². The average Bonchev–Trinajstić information content (AvgIpc) is 3.02. The molecule has 3 aromatic carbocycles. The summed E-state index contributed by atoms with van der Waals surface area (Å²) in [4.78, 5) is 1.48. The number of rotatable bonds is 1. The summed E-state index contributed by atoms with van der Waals surface area (Å²) in [5.74, 6) is 3.04. The molecule has 1 saturated heterocycles. The van der Waals surface area contributed by atoms with Crippen LogP contribution in [0.1, 0.15) is 12.8 Å². The molecule has 0 aliphatic carbocycles. The Bertz CT molecular complexity index is 731. The van der Waals surface area contributed by atoms with Gasteiger partial charge < -0.3 is 5.11 Å². The predicted molar refractivity (Wildman–Crippen MR) is 87.7 cm³/mol. The zero-order chi connectivity index (χ0) is 13.5. The molecule has 20 heavy (non-hydrogen) atoms. The highest BCUT2D eigenvalue weighted by Crippen LogP contribution is 2.41. The van der Waals surface area contributed by atoms with E-state index in [1.165, 1.54) is 40.0 Å². The number of phenolic OH excluding ortho intramolecular Hbond substituents is 1. The maximum atomic E-state index is 10.6. The Morgan fingerprint density at radius 1 is 0.700 bits per heavy atom. The smallest absolute Gasteiger partial charge is 0.170 e. The maximum absolute atomic E-state index is 10.6. The minimum atomic E-state index is 0.341. The summed E-state index contributed by atoms with van der Waals surface area (Å²) in [5, 5.41) is 15.1. The Kier molecular flexibility index (Phi) is 2.85. The molecule has 0 bridgehead atoms. The van der Waals surface area contributed by atoms with Crippen molar-refractivity contribution in [3.05, 3.63) is 48.5 Å². The van der Waals surface area contributed by atoms with E-state index in [9.17, 15) is 5.11 Å². The van der Waals surface area contributed by atoms with E-state index < -0.39 is 0 Å². The first-order chi connectivity index (χ1) is 9.86. The van der Waals surface area contributed by atoms with Crippen LogP contribution in [0.4, 0.5) is 0 Å². The van der Waals surface area contributed by atoms with Crippen LogP contribution >= 0.6 is 0 Å². The van der Waals surface area contributed by atoms with Gasteiger partial charge in [-0.3, -0.25) is 0 Å². The van der Waals surface area contributed by atoms with Gasteiger partial charge in [0.15, 0.2) is 4.90 Å². The summed E-state index contributed by atoms with van der Waals surface area (Å²) in [6.45, 7) is 0. The van der Waals surface area contributed by atoms with E-state index in [0.717, 1.165) is 10.8 Å². The van der Waals surface area contributed by atoms with Gasteiger partial charge in [0.1, 0.15) is 17.3 Å². The molecule has 1 aliphatic rings. The lowest BCUT2D eigenvalue weighted by Gasteiger charge is -2.11. The van der Waals surface area contributed by atoms with Crippen molar-refractivity contribution in [2.24, 2.45) is 0 Å². The van der Waals surface area contributed by atoms with Crippen LogP contribution in [0, 0.1) is 0 Å². The second-order valence-electron chi connectivity index (χ2n) is 5.38. The van der Waals surface area contributed by atoms with E-state index in [-0.39, 0.29) is 0 Å². The molecule has 0 saturated carbocycles. The second kappa shape index (κ2) is 4.71. The highest BCUT2D eigenvalue weighted by molar-refractivity contribution is 7.97. The van der Waals surface area contributed by atoms with E-state index in [0.29, 0.717) is 16.6 Å². The molecule has 2 heteroatoms. The number of aromatic hydroxyl groups is 1. The van der Waals surface area contributed by atoms with Gasteiger partial charge >= 0.3 is 0 Å². The van der Waals surface area contributed by atoms with Crippen LogP contribution in [0.3, 0.4) is 0 Å². The van der Waals surface area contributed by atoms with Crippen molar-refractivity contribution in [3.63, 3.8) is 0 Å². The number of benzene rings is 3. The van der Waals surface area contributed by atoms with E-state index in [4.69, 9.17) is 0 Å². The lowest BCUT2D eigenvalue weighted by atomic mass is 10.0. The Balaban J connectivity index is 2.18. The second-order valence-corrected chi connectivity index (χ2v) is 7.59. The first-order valence-electron chi connectivity index (χ1n) is 7.16. The van der Waals surface area contributed by atoms with Crippen molar-refractivity contribution >= 4 is 32.4 Å². The minimum Gasteiger partial charge on any atom is -0.507 e. The molecule has 1 heterocycles. The molecular weight excluding hydrogens is 264 g/mol. The van der Waals surface area contributed by atoms with Crippen LogP contribution in [0.25, 0.3) is 21.5 Å².